The molecule has 4 nitrogen and oxygen atoms in total. The fourth-order valence-electron chi connectivity index (χ4n) is 3.03. The Hall–Kier alpha value is -2.75. The number of rotatable bonds is 11. The van der Waals surface area contributed by atoms with Gasteiger partial charge in [0, 0.05) is 36.9 Å². The summed E-state index contributed by atoms with van der Waals surface area (Å²) in [5.41, 5.74) is 3.64. The van der Waals surface area contributed by atoms with Crippen LogP contribution in [0.5, 0.6) is 0 Å². The van der Waals surface area contributed by atoms with E-state index in [2.05, 4.69) is 35.2 Å². The number of nitrogens with one attached hydrogen (secondary N) is 1. The van der Waals surface area contributed by atoms with Crippen LogP contribution in [0.25, 0.3) is 5.57 Å². The van der Waals surface area contributed by atoms with E-state index in [9.17, 15) is 4.79 Å². The first-order chi connectivity index (χ1) is 13.7. The van der Waals surface area contributed by atoms with E-state index < -0.39 is 0 Å². The van der Waals surface area contributed by atoms with Gasteiger partial charge < -0.3 is 5.32 Å². The van der Waals surface area contributed by atoms with Crippen LogP contribution < -0.4 is 5.32 Å². The van der Waals surface area contributed by atoms with Crippen LogP contribution in [0.1, 0.15) is 57.1 Å². The van der Waals surface area contributed by atoms with Gasteiger partial charge in [-0.25, -0.2) is 0 Å². The summed E-state index contributed by atoms with van der Waals surface area (Å²) in [6.45, 7) is 4.23. The first-order valence-corrected chi connectivity index (χ1v) is 10.2. The normalized spacial score (nSPS) is 12.9. The summed E-state index contributed by atoms with van der Waals surface area (Å²) in [6, 6.07) is 8.22. The molecule has 0 aliphatic heterocycles. The quantitative estimate of drug-likeness (QED) is 0.436. The van der Waals surface area contributed by atoms with Gasteiger partial charge >= 0.3 is 0 Å². The van der Waals surface area contributed by atoms with Gasteiger partial charge in [-0.15, -0.1) is 0 Å². The van der Waals surface area contributed by atoms with Crippen molar-refractivity contribution in [3.63, 3.8) is 0 Å². The molecular formula is C24H31N3O. The van der Waals surface area contributed by atoms with Crippen LogP contribution in [-0.4, -0.2) is 21.9 Å². The lowest BCUT2D eigenvalue weighted by Crippen LogP contribution is -2.31. The molecule has 1 amide bonds. The number of nitrogens with zero attached hydrogens (tertiary/aromatic N) is 2. The minimum atomic E-state index is -0.0466. The van der Waals surface area contributed by atoms with E-state index in [0.717, 1.165) is 44.1 Å². The standard InChI is InChI=1S/C24H31N3O/c1-3-4-11-22(23-14-17-25-18-15-23)12-6-13-24(28)27-20(2)8-5-9-21-10-7-16-26-19-21/h6-7,10,12-20H,3-5,8-9,11H2,1-2H3,(H,27,28)/b13-6+,22-12-/t20-/m1/s1. The van der Waals surface area contributed by atoms with E-state index in [1.807, 2.05) is 36.5 Å². The maximum absolute atomic E-state index is 12.2. The summed E-state index contributed by atoms with van der Waals surface area (Å²) in [7, 11) is 0. The summed E-state index contributed by atoms with van der Waals surface area (Å²) in [4.78, 5) is 20.4. The highest BCUT2D eigenvalue weighted by atomic mass is 16.1. The third-order valence-electron chi connectivity index (χ3n) is 4.61. The first kappa shape index (κ1) is 21.5. The number of aromatic nitrogens is 2. The Morgan fingerprint density at radius 3 is 2.68 bits per heavy atom. The Morgan fingerprint density at radius 1 is 1.14 bits per heavy atom. The summed E-state index contributed by atoms with van der Waals surface area (Å²) >= 11 is 0. The SMILES string of the molecule is CCCC/C(=C/C=C/C(=O)N[C@H](C)CCCc1cccnc1)c1ccncc1. The molecule has 1 N–H and O–H groups in total. The molecule has 0 bridgehead atoms. The third-order valence-corrected chi connectivity index (χ3v) is 4.61. The fraction of sp³-hybridized carbons (Fsp3) is 0.375. The van der Waals surface area contributed by atoms with Gasteiger partial charge in [0.05, 0.1) is 0 Å². The van der Waals surface area contributed by atoms with E-state index in [1.165, 1.54) is 11.1 Å². The highest BCUT2D eigenvalue weighted by Gasteiger charge is 2.05. The van der Waals surface area contributed by atoms with Crippen LogP contribution in [0, 0.1) is 0 Å². The molecule has 2 rings (SSSR count). The predicted molar refractivity (Wildman–Crippen MR) is 116 cm³/mol. The van der Waals surface area contributed by atoms with Crippen molar-refractivity contribution in [3.05, 3.63) is 78.4 Å². The van der Waals surface area contributed by atoms with E-state index in [1.54, 1.807) is 24.7 Å². The zero-order valence-corrected chi connectivity index (χ0v) is 17.0. The zero-order chi connectivity index (χ0) is 20.0. The van der Waals surface area contributed by atoms with Crippen molar-refractivity contribution < 1.29 is 4.79 Å². The molecule has 2 aromatic rings. The van der Waals surface area contributed by atoms with Crippen molar-refractivity contribution in [2.75, 3.05) is 0 Å². The van der Waals surface area contributed by atoms with Crippen molar-refractivity contribution >= 4 is 11.5 Å². The molecule has 0 aliphatic rings. The number of allylic oxidation sites excluding steroid dienone is 3. The maximum Gasteiger partial charge on any atom is 0.244 e. The molecule has 0 aromatic carbocycles. The molecule has 1 atom stereocenters. The molecule has 148 valence electrons. The van der Waals surface area contributed by atoms with Crippen LogP contribution in [0.2, 0.25) is 0 Å². The minimum Gasteiger partial charge on any atom is -0.350 e. The largest absolute Gasteiger partial charge is 0.350 e. The third kappa shape index (κ3) is 8.30. The van der Waals surface area contributed by atoms with E-state index in [4.69, 9.17) is 0 Å². The molecule has 2 aromatic heterocycles. The zero-order valence-electron chi connectivity index (χ0n) is 17.0. The second kappa shape index (κ2) is 12.6. The number of unbranched alkanes of at least 4 members (excludes halogenated alkanes) is 1. The number of hydrogen-bond donors (Lipinski definition) is 1. The van der Waals surface area contributed by atoms with Gasteiger partial charge in [0.15, 0.2) is 0 Å². The second-order valence-corrected chi connectivity index (χ2v) is 7.05. The summed E-state index contributed by atoms with van der Waals surface area (Å²) in [6.07, 6.45) is 19.0. The number of amides is 1. The number of aryl methyl sites for hydroxylation is 1. The molecule has 0 saturated carbocycles. The van der Waals surface area contributed by atoms with Gasteiger partial charge in [-0.05, 0) is 73.9 Å². The Kier molecular flexibility index (Phi) is 9.70. The van der Waals surface area contributed by atoms with Gasteiger partial charge in [0.25, 0.3) is 0 Å². The Balaban J connectivity index is 1.80. The molecule has 0 aliphatic carbocycles. The number of hydrogen-bond acceptors (Lipinski definition) is 3. The Morgan fingerprint density at radius 2 is 1.96 bits per heavy atom. The van der Waals surface area contributed by atoms with Gasteiger partial charge in [-0.2, -0.15) is 0 Å². The van der Waals surface area contributed by atoms with Crippen LogP contribution in [0.4, 0.5) is 0 Å². The van der Waals surface area contributed by atoms with Crippen molar-refractivity contribution in [2.24, 2.45) is 0 Å². The van der Waals surface area contributed by atoms with E-state index in [-0.39, 0.29) is 11.9 Å². The van der Waals surface area contributed by atoms with Gasteiger partial charge in [0.2, 0.25) is 5.91 Å². The lowest BCUT2D eigenvalue weighted by Gasteiger charge is -2.12. The van der Waals surface area contributed by atoms with Crippen LogP contribution in [0.15, 0.2) is 67.3 Å². The van der Waals surface area contributed by atoms with Crippen molar-refractivity contribution in [2.45, 2.75) is 58.4 Å². The van der Waals surface area contributed by atoms with Gasteiger partial charge in [-0.1, -0.05) is 31.6 Å². The predicted octanol–water partition coefficient (Wildman–Crippen LogP) is 5.13. The minimum absolute atomic E-state index is 0.0466. The van der Waals surface area contributed by atoms with Gasteiger partial charge in [-0.3, -0.25) is 14.8 Å². The lowest BCUT2D eigenvalue weighted by atomic mass is 10.0. The molecule has 0 spiro atoms. The van der Waals surface area contributed by atoms with E-state index >= 15 is 0 Å². The Bertz CT molecular complexity index is 754. The number of pyridine rings is 2. The topological polar surface area (TPSA) is 54.9 Å². The molecule has 0 unspecified atom stereocenters. The van der Waals surface area contributed by atoms with Gasteiger partial charge in [0.1, 0.15) is 0 Å². The average Bonchev–Trinajstić information content (AvgIpc) is 2.72. The molecule has 4 heteroatoms. The van der Waals surface area contributed by atoms with Crippen LogP contribution in [-0.2, 0) is 11.2 Å². The summed E-state index contributed by atoms with van der Waals surface area (Å²) < 4.78 is 0. The van der Waals surface area contributed by atoms with Crippen LogP contribution in [0.3, 0.4) is 0 Å². The van der Waals surface area contributed by atoms with Crippen molar-refractivity contribution in [3.8, 4) is 0 Å². The second-order valence-electron chi connectivity index (χ2n) is 7.05. The molecule has 28 heavy (non-hydrogen) atoms. The van der Waals surface area contributed by atoms with E-state index in [0.29, 0.717) is 0 Å². The van der Waals surface area contributed by atoms with Crippen molar-refractivity contribution in [1.82, 2.24) is 15.3 Å². The average molecular weight is 378 g/mol. The number of carbonyl (C=O) groups is 1. The summed E-state index contributed by atoms with van der Waals surface area (Å²) in [5, 5.41) is 3.04. The van der Waals surface area contributed by atoms with Crippen molar-refractivity contribution in [1.29, 1.82) is 0 Å². The molecule has 0 radical (unpaired) electrons. The summed E-state index contributed by atoms with van der Waals surface area (Å²) in [5.74, 6) is -0.0466. The fourth-order valence-corrected chi connectivity index (χ4v) is 3.03. The highest BCUT2D eigenvalue weighted by molar-refractivity contribution is 5.88. The molecular weight excluding hydrogens is 346 g/mol. The highest BCUT2D eigenvalue weighted by Crippen LogP contribution is 2.20. The molecule has 0 fully saturated rings. The molecule has 0 saturated heterocycles. The smallest absolute Gasteiger partial charge is 0.244 e. The number of carbonyl (C=O) groups excluding carboxylic acids is 1. The Labute approximate surface area is 168 Å². The first-order valence-electron chi connectivity index (χ1n) is 10.2. The van der Waals surface area contributed by atoms with Crippen LogP contribution >= 0.6 is 0 Å². The lowest BCUT2D eigenvalue weighted by molar-refractivity contribution is -0.117. The molecule has 2 heterocycles. The monoisotopic (exact) mass is 377 g/mol. The maximum atomic E-state index is 12.2.